The van der Waals surface area contributed by atoms with Gasteiger partial charge in [-0.3, -0.25) is 24.0 Å². The molecular formula is C55H57N7O6. The zero-order valence-electron chi connectivity index (χ0n) is 39.1. The number of morpholine rings is 1. The normalized spacial score (nSPS) is 16.1. The molecule has 13 heteroatoms. The molecule has 348 valence electrons. The van der Waals surface area contributed by atoms with E-state index < -0.39 is 0 Å². The van der Waals surface area contributed by atoms with Gasteiger partial charge in [-0.25, -0.2) is 0 Å². The van der Waals surface area contributed by atoms with Crippen LogP contribution in [-0.2, 0) is 56.0 Å². The zero-order chi connectivity index (χ0) is 47.1. The number of amides is 3. The average Bonchev–Trinajstić information content (AvgIpc) is 3.85. The third-order valence-electron chi connectivity index (χ3n) is 14.1. The Labute approximate surface area is 396 Å². The van der Waals surface area contributed by atoms with Gasteiger partial charge >= 0.3 is 0 Å². The Morgan fingerprint density at radius 3 is 2.40 bits per heavy atom. The number of anilines is 1. The maximum absolute atomic E-state index is 15.4. The Bertz CT molecular complexity index is 3040. The number of benzene rings is 5. The first-order valence-electron chi connectivity index (χ1n) is 23.5. The van der Waals surface area contributed by atoms with Gasteiger partial charge in [-0.15, -0.1) is 0 Å². The molecule has 0 spiro atoms. The highest BCUT2D eigenvalue weighted by molar-refractivity contribution is 6.14. The van der Waals surface area contributed by atoms with Crippen molar-refractivity contribution in [3.05, 3.63) is 154 Å². The number of nitrogens with one attached hydrogen (secondary N) is 1. The first kappa shape index (κ1) is 44.6. The van der Waals surface area contributed by atoms with E-state index in [2.05, 4.69) is 40.4 Å². The monoisotopic (exact) mass is 911 g/mol. The number of rotatable bonds is 11. The highest BCUT2D eigenvalue weighted by Crippen LogP contribution is 2.43. The van der Waals surface area contributed by atoms with Crippen LogP contribution in [0.5, 0.6) is 11.5 Å². The summed E-state index contributed by atoms with van der Waals surface area (Å²) in [6.45, 7) is 10.1. The third-order valence-corrected chi connectivity index (χ3v) is 14.1. The molecule has 3 aliphatic rings. The summed E-state index contributed by atoms with van der Waals surface area (Å²) in [5, 5.41) is 18.9. The molecule has 0 radical (unpaired) electrons. The lowest BCUT2D eigenvalue weighted by Crippen LogP contribution is -2.43. The molecule has 0 bridgehead atoms. The Hall–Kier alpha value is -7.22. The van der Waals surface area contributed by atoms with Crippen molar-refractivity contribution in [3.8, 4) is 33.9 Å². The van der Waals surface area contributed by atoms with Gasteiger partial charge in [0.25, 0.3) is 11.8 Å². The number of aromatic nitrogens is 3. The summed E-state index contributed by atoms with van der Waals surface area (Å²) >= 11 is 0. The van der Waals surface area contributed by atoms with Crippen molar-refractivity contribution in [2.24, 2.45) is 14.1 Å². The van der Waals surface area contributed by atoms with E-state index in [4.69, 9.17) is 9.47 Å². The van der Waals surface area contributed by atoms with Gasteiger partial charge in [0.1, 0.15) is 18.1 Å². The first-order chi connectivity index (χ1) is 33.0. The van der Waals surface area contributed by atoms with Gasteiger partial charge in [-0.2, -0.15) is 5.10 Å². The molecule has 3 aliphatic heterocycles. The standard InChI is InChI=1S/C55H57N7O6/c1-35-27-39-7-5-6-8-41(39)34-62(35)55(66)48-31-43-33-61(50(64)28-37-9-16-46(17-10-37)68-26-23-60-21-24-67-25-22-60)20-19-40(43)30-47(48)53-52(38-11-14-45(63)15-12-38)51(36(2)58(53)3)54(65)57-44-13-18-49-42(29-44)32-56-59(49)4/h5-18,29-32,35,63H,19-28,33-34H2,1-4H3,(H,57,65)/t35-/m1/s1. The summed E-state index contributed by atoms with van der Waals surface area (Å²) in [6, 6.07) is 32.7. The molecule has 13 nitrogen and oxygen atoms in total. The topological polar surface area (TPSA) is 134 Å². The Morgan fingerprint density at radius 1 is 0.853 bits per heavy atom. The Balaban J connectivity index is 0.994. The molecule has 7 aromatic rings. The maximum atomic E-state index is 15.4. The van der Waals surface area contributed by atoms with Crippen LogP contribution in [0.15, 0.2) is 109 Å². The van der Waals surface area contributed by atoms with Crippen molar-refractivity contribution >= 4 is 34.3 Å². The largest absolute Gasteiger partial charge is 0.508 e. The molecule has 0 saturated carbocycles. The lowest BCUT2D eigenvalue weighted by molar-refractivity contribution is -0.131. The molecule has 1 atom stereocenters. The molecule has 2 N–H and O–H groups in total. The number of aryl methyl sites for hydroxylation is 1. The average molecular weight is 912 g/mol. The fourth-order valence-corrected chi connectivity index (χ4v) is 10.1. The third kappa shape index (κ3) is 8.87. The Morgan fingerprint density at radius 2 is 1.62 bits per heavy atom. The van der Waals surface area contributed by atoms with Gasteiger partial charge in [-0.1, -0.05) is 48.5 Å². The minimum atomic E-state index is -0.303. The van der Waals surface area contributed by atoms with Crippen molar-refractivity contribution in [3.63, 3.8) is 0 Å². The molecule has 68 heavy (non-hydrogen) atoms. The van der Waals surface area contributed by atoms with Crippen LogP contribution in [0.1, 0.15) is 61.2 Å². The molecule has 1 saturated heterocycles. The number of hydrogen-bond acceptors (Lipinski definition) is 8. The Kier molecular flexibility index (Phi) is 12.3. The number of aromatic hydroxyl groups is 1. The van der Waals surface area contributed by atoms with Crippen LogP contribution in [0.2, 0.25) is 0 Å². The fraction of sp³-hybridized carbons (Fsp3) is 0.309. The van der Waals surface area contributed by atoms with E-state index in [1.807, 2.05) is 108 Å². The lowest BCUT2D eigenvalue weighted by atomic mass is 9.87. The van der Waals surface area contributed by atoms with Crippen LogP contribution < -0.4 is 10.1 Å². The van der Waals surface area contributed by atoms with Crippen molar-refractivity contribution in [1.82, 2.24) is 29.0 Å². The van der Waals surface area contributed by atoms with E-state index >= 15 is 4.79 Å². The second-order valence-electron chi connectivity index (χ2n) is 18.4. The number of phenolic OH excluding ortho intramolecular Hbond substituents is 1. The van der Waals surface area contributed by atoms with E-state index in [9.17, 15) is 14.7 Å². The highest BCUT2D eigenvalue weighted by atomic mass is 16.5. The number of fused-ring (bicyclic) bond motifs is 3. The molecule has 1 fully saturated rings. The summed E-state index contributed by atoms with van der Waals surface area (Å²) in [5.74, 6) is 0.469. The molecular weight excluding hydrogens is 855 g/mol. The SMILES string of the molecule is Cc1c(C(=O)Nc2ccc3c(cnn3C)c2)c(-c2ccc(O)cc2)c(-c2cc3c(cc2C(=O)N2Cc4ccccc4C[C@H]2C)CN(C(=O)Cc2ccc(OCCN4CCOCC4)cc2)CC3)n1C. The summed E-state index contributed by atoms with van der Waals surface area (Å²) in [6.07, 6.45) is 3.34. The van der Waals surface area contributed by atoms with Crippen LogP contribution in [0.4, 0.5) is 5.69 Å². The molecule has 5 heterocycles. The number of hydrogen-bond donors (Lipinski definition) is 2. The number of carbonyl (C=O) groups excluding carboxylic acids is 3. The van der Waals surface area contributed by atoms with Gasteiger partial charge in [0, 0.05) is 92.9 Å². The fourth-order valence-electron chi connectivity index (χ4n) is 10.1. The minimum Gasteiger partial charge on any atom is -0.508 e. The van der Waals surface area contributed by atoms with Gasteiger partial charge in [0.2, 0.25) is 5.91 Å². The molecule has 2 aromatic heterocycles. The second kappa shape index (κ2) is 18.8. The van der Waals surface area contributed by atoms with Gasteiger partial charge in [0.15, 0.2) is 0 Å². The molecule has 0 unspecified atom stereocenters. The van der Waals surface area contributed by atoms with Gasteiger partial charge < -0.3 is 34.3 Å². The first-order valence-corrected chi connectivity index (χ1v) is 23.5. The number of ether oxygens (including phenoxy) is 2. The lowest BCUT2D eigenvalue weighted by Gasteiger charge is -2.36. The van der Waals surface area contributed by atoms with E-state index in [1.54, 1.807) is 23.0 Å². The molecule has 0 aliphatic carbocycles. The van der Waals surface area contributed by atoms with Crippen LogP contribution in [-0.4, -0.2) is 104 Å². The quantitative estimate of drug-likeness (QED) is 0.134. The predicted molar refractivity (Wildman–Crippen MR) is 263 cm³/mol. The predicted octanol–water partition coefficient (Wildman–Crippen LogP) is 7.94. The minimum absolute atomic E-state index is 0.0147. The maximum Gasteiger partial charge on any atom is 0.258 e. The van der Waals surface area contributed by atoms with Crippen LogP contribution >= 0.6 is 0 Å². The highest BCUT2D eigenvalue weighted by Gasteiger charge is 2.34. The summed E-state index contributed by atoms with van der Waals surface area (Å²) < 4.78 is 15.3. The zero-order valence-corrected chi connectivity index (χ0v) is 39.1. The van der Waals surface area contributed by atoms with Crippen molar-refractivity contribution < 1.29 is 29.0 Å². The van der Waals surface area contributed by atoms with Gasteiger partial charge in [-0.05, 0) is 115 Å². The summed E-state index contributed by atoms with van der Waals surface area (Å²) in [4.78, 5) is 50.3. The van der Waals surface area contributed by atoms with E-state index in [0.29, 0.717) is 72.0 Å². The van der Waals surface area contributed by atoms with Crippen molar-refractivity contribution in [2.75, 3.05) is 51.3 Å². The van der Waals surface area contributed by atoms with Crippen molar-refractivity contribution in [1.29, 1.82) is 0 Å². The number of carbonyl (C=O) groups is 3. The number of nitrogens with zero attached hydrogens (tertiary/aromatic N) is 6. The van der Waals surface area contributed by atoms with Gasteiger partial charge in [0.05, 0.1) is 42.6 Å². The molecule has 3 amide bonds. The van der Waals surface area contributed by atoms with E-state index in [0.717, 1.165) is 83.7 Å². The van der Waals surface area contributed by atoms with Crippen LogP contribution in [0, 0.1) is 6.92 Å². The molecule has 5 aromatic carbocycles. The van der Waals surface area contributed by atoms with E-state index in [-0.39, 0.29) is 35.9 Å². The van der Waals surface area contributed by atoms with Crippen molar-refractivity contribution in [2.45, 2.75) is 52.2 Å². The van der Waals surface area contributed by atoms with Crippen LogP contribution in [0.25, 0.3) is 33.3 Å². The number of phenols is 1. The molecule has 10 rings (SSSR count). The van der Waals surface area contributed by atoms with Crippen LogP contribution in [0.3, 0.4) is 0 Å². The second-order valence-corrected chi connectivity index (χ2v) is 18.4. The van der Waals surface area contributed by atoms with E-state index in [1.165, 1.54) is 5.56 Å². The summed E-state index contributed by atoms with van der Waals surface area (Å²) in [7, 11) is 3.82. The summed E-state index contributed by atoms with van der Waals surface area (Å²) in [5.41, 5.74) is 11.3. The smallest absolute Gasteiger partial charge is 0.258 e.